The summed E-state index contributed by atoms with van der Waals surface area (Å²) in [6, 6.07) is 7.41. The first kappa shape index (κ1) is 16.1. The van der Waals surface area contributed by atoms with Crippen molar-refractivity contribution in [2.24, 2.45) is 0 Å². The van der Waals surface area contributed by atoms with Crippen molar-refractivity contribution in [1.29, 1.82) is 0 Å². The van der Waals surface area contributed by atoms with Gasteiger partial charge in [0, 0.05) is 4.47 Å². The maximum Gasteiger partial charge on any atom is 0.328 e. The zero-order valence-electron chi connectivity index (χ0n) is 11.8. The number of hydrogen-bond acceptors (Lipinski definition) is 6. The molecule has 0 aliphatic rings. The summed E-state index contributed by atoms with van der Waals surface area (Å²) in [5.41, 5.74) is 0.955. The van der Waals surface area contributed by atoms with Crippen LogP contribution in [0.25, 0.3) is 0 Å². The fourth-order valence-electron chi connectivity index (χ4n) is 1.69. The Morgan fingerprint density at radius 2 is 2.09 bits per heavy atom. The van der Waals surface area contributed by atoms with Crippen LogP contribution in [0.1, 0.15) is 18.5 Å². The predicted molar refractivity (Wildman–Crippen MR) is 79.5 cm³/mol. The highest BCUT2D eigenvalue weighted by molar-refractivity contribution is 9.10. The lowest BCUT2D eigenvalue weighted by Crippen LogP contribution is -2.31. The molecule has 2 rings (SSSR count). The van der Waals surface area contributed by atoms with Gasteiger partial charge < -0.3 is 10.1 Å². The number of nitrogens with zero attached hydrogens (tertiary/aromatic N) is 4. The molecule has 1 heterocycles. The fraction of sp³-hybridized carbons (Fsp3) is 0.308. The smallest absolute Gasteiger partial charge is 0.328 e. The highest BCUT2D eigenvalue weighted by Gasteiger charge is 2.12. The average molecular weight is 368 g/mol. The number of benzene rings is 1. The van der Waals surface area contributed by atoms with E-state index in [1.807, 2.05) is 31.2 Å². The number of amides is 1. The molecule has 0 aliphatic heterocycles. The summed E-state index contributed by atoms with van der Waals surface area (Å²) in [5, 5.41) is 13.1. The van der Waals surface area contributed by atoms with Crippen molar-refractivity contribution < 1.29 is 14.3 Å². The quantitative estimate of drug-likeness (QED) is 0.760. The molecular weight excluding hydrogens is 354 g/mol. The molecule has 116 valence electrons. The number of halogens is 1. The molecule has 2 aromatic rings. The first-order valence-corrected chi connectivity index (χ1v) is 7.25. The molecule has 0 spiro atoms. The molecule has 8 nitrogen and oxygen atoms in total. The lowest BCUT2D eigenvalue weighted by molar-refractivity contribution is -0.149. The molecule has 9 heteroatoms. The van der Waals surface area contributed by atoms with E-state index in [0.29, 0.717) is 0 Å². The number of aromatic nitrogens is 4. The van der Waals surface area contributed by atoms with Crippen LogP contribution in [0.15, 0.2) is 35.1 Å². The molecular formula is C13H14BrN5O3. The highest BCUT2D eigenvalue weighted by Crippen LogP contribution is 2.16. The van der Waals surface area contributed by atoms with E-state index in [0.717, 1.165) is 10.0 Å². The molecule has 1 aromatic heterocycles. The van der Waals surface area contributed by atoms with Crippen LogP contribution in [-0.2, 0) is 20.9 Å². The number of hydrogen-bond donors (Lipinski definition) is 1. The maximum atomic E-state index is 11.8. The molecule has 0 saturated heterocycles. The van der Waals surface area contributed by atoms with Gasteiger partial charge in [-0.1, -0.05) is 28.1 Å². The number of ether oxygens (including phenoxy) is 1. The molecule has 0 unspecified atom stereocenters. The first-order chi connectivity index (χ1) is 10.5. The third kappa shape index (κ3) is 4.92. The van der Waals surface area contributed by atoms with Crippen LogP contribution in [0.5, 0.6) is 0 Å². The Labute approximate surface area is 135 Å². The molecule has 0 aliphatic carbocycles. The summed E-state index contributed by atoms with van der Waals surface area (Å²) >= 11 is 3.35. The van der Waals surface area contributed by atoms with Gasteiger partial charge in [-0.05, 0) is 35.0 Å². The van der Waals surface area contributed by atoms with Crippen LogP contribution in [0.3, 0.4) is 0 Å². The SMILES string of the molecule is C[C@@H](NC(=O)COC(=O)Cn1cnnn1)c1ccc(Br)cc1. The molecule has 1 aromatic carbocycles. The number of nitrogens with one attached hydrogen (secondary N) is 1. The van der Waals surface area contributed by atoms with E-state index in [1.54, 1.807) is 0 Å². The standard InChI is InChI=1S/C13H14BrN5O3/c1-9(10-2-4-11(14)5-3-10)16-12(20)7-22-13(21)6-19-8-15-17-18-19/h2-5,8-9H,6-7H2,1H3,(H,16,20)/t9-/m1/s1. The second-order valence-corrected chi connectivity index (χ2v) is 5.42. The van der Waals surface area contributed by atoms with Crippen molar-refractivity contribution in [3.63, 3.8) is 0 Å². The van der Waals surface area contributed by atoms with Gasteiger partial charge in [0.2, 0.25) is 0 Å². The molecule has 0 saturated carbocycles. The Morgan fingerprint density at radius 3 is 2.73 bits per heavy atom. The second-order valence-electron chi connectivity index (χ2n) is 4.51. The number of carbonyl (C=O) groups excluding carboxylic acids is 2. The Balaban J connectivity index is 1.75. The van der Waals surface area contributed by atoms with E-state index in [2.05, 4.69) is 36.8 Å². The van der Waals surface area contributed by atoms with Gasteiger partial charge in [0.25, 0.3) is 5.91 Å². The second kappa shape index (κ2) is 7.64. The molecule has 0 bridgehead atoms. The minimum Gasteiger partial charge on any atom is -0.454 e. The van der Waals surface area contributed by atoms with Crippen molar-refractivity contribution in [2.75, 3.05) is 6.61 Å². The van der Waals surface area contributed by atoms with Crippen molar-refractivity contribution in [2.45, 2.75) is 19.5 Å². The molecule has 1 amide bonds. The third-order valence-electron chi connectivity index (χ3n) is 2.79. The van der Waals surface area contributed by atoms with Crippen LogP contribution < -0.4 is 5.32 Å². The van der Waals surface area contributed by atoms with Gasteiger partial charge in [-0.2, -0.15) is 0 Å². The summed E-state index contributed by atoms with van der Waals surface area (Å²) in [5.74, 6) is -0.959. The maximum absolute atomic E-state index is 11.8. The van der Waals surface area contributed by atoms with Gasteiger partial charge in [0.05, 0.1) is 6.04 Å². The molecule has 0 fully saturated rings. The van der Waals surface area contributed by atoms with E-state index in [9.17, 15) is 9.59 Å². The zero-order valence-corrected chi connectivity index (χ0v) is 13.4. The summed E-state index contributed by atoms with van der Waals surface area (Å²) in [6.07, 6.45) is 1.29. The van der Waals surface area contributed by atoms with E-state index in [4.69, 9.17) is 4.74 Å². The Morgan fingerprint density at radius 1 is 1.36 bits per heavy atom. The van der Waals surface area contributed by atoms with Crippen molar-refractivity contribution in [3.05, 3.63) is 40.6 Å². The largest absolute Gasteiger partial charge is 0.454 e. The molecule has 22 heavy (non-hydrogen) atoms. The summed E-state index contributed by atoms with van der Waals surface area (Å²) in [7, 11) is 0. The predicted octanol–water partition coefficient (Wildman–Crippen LogP) is 0.856. The van der Waals surface area contributed by atoms with Gasteiger partial charge in [0.15, 0.2) is 6.61 Å². The highest BCUT2D eigenvalue weighted by atomic mass is 79.9. The van der Waals surface area contributed by atoms with Crippen LogP contribution in [0, 0.1) is 0 Å². The average Bonchev–Trinajstić information content (AvgIpc) is 2.98. The minimum atomic E-state index is -0.584. The lowest BCUT2D eigenvalue weighted by Gasteiger charge is -2.14. The van der Waals surface area contributed by atoms with Gasteiger partial charge in [-0.3, -0.25) is 9.59 Å². The zero-order chi connectivity index (χ0) is 15.9. The number of tetrazole rings is 1. The van der Waals surface area contributed by atoms with E-state index in [-0.39, 0.29) is 25.1 Å². The summed E-state index contributed by atoms with van der Waals surface area (Å²) in [4.78, 5) is 23.2. The fourth-order valence-corrected chi connectivity index (χ4v) is 1.96. The van der Waals surface area contributed by atoms with Gasteiger partial charge in [0.1, 0.15) is 12.9 Å². The number of esters is 1. The summed E-state index contributed by atoms with van der Waals surface area (Å²) < 4.78 is 7.04. The monoisotopic (exact) mass is 367 g/mol. The Kier molecular flexibility index (Phi) is 5.59. The van der Waals surface area contributed by atoms with Crippen LogP contribution in [0.2, 0.25) is 0 Å². The lowest BCUT2D eigenvalue weighted by atomic mass is 10.1. The van der Waals surface area contributed by atoms with Crippen LogP contribution in [0.4, 0.5) is 0 Å². The van der Waals surface area contributed by atoms with Crippen molar-refractivity contribution >= 4 is 27.8 Å². The Bertz CT molecular complexity index is 630. The molecule has 0 radical (unpaired) electrons. The number of carbonyl (C=O) groups is 2. The summed E-state index contributed by atoms with van der Waals surface area (Å²) in [6.45, 7) is 1.37. The third-order valence-corrected chi connectivity index (χ3v) is 3.32. The van der Waals surface area contributed by atoms with E-state index < -0.39 is 5.97 Å². The molecule has 1 N–H and O–H groups in total. The Hall–Kier alpha value is -2.29. The van der Waals surface area contributed by atoms with Gasteiger partial charge in [-0.25, -0.2) is 4.68 Å². The van der Waals surface area contributed by atoms with E-state index >= 15 is 0 Å². The van der Waals surface area contributed by atoms with Gasteiger partial charge in [-0.15, -0.1) is 5.10 Å². The first-order valence-electron chi connectivity index (χ1n) is 6.46. The van der Waals surface area contributed by atoms with Crippen molar-refractivity contribution in [3.8, 4) is 0 Å². The normalized spacial score (nSPS) is 11.7. The van der Waals surface area contributed by atoms with Crippen LogP contribution >= 0.6 is 15.9 Å². The molecule has 1 atom stereocenters. The number of rotatable bonds is 6. The van der Waals surface area contributed by atoms with Gasteiger partial charge >= 0.3 is 5.97 Å². The van der Waals surface area contributed by atoms with Crippen molar-refractivity contribution in [1.82, 2.24) is 25.5 Å². The minimum absolute atomic E-state index is 0.136. The van der Waals surface area contributed by atoms with E-state index in [1.165, 1.54) is 11.0 Å². The topological polar surface area (TPSA) is 99.0 Å². The van der Waals surface area contributed by atoms with Crippen LogP contribution in [-0.4, -0.2) is 38.7 Å².